The minimum atomic E-state index is -0.0558. The fourth-order valence-corrected chi connectivity index (χ4v) is 3.61. The van der Waals surface area contributed by atoms with Gasteiger partial charge in [0, 0.05) is 32.7 Å². The van der Waals surface area contributed by atoms with Gasteiger partial charge >= 0.3 is 0 Å². The normalized spacial score (nSPS) is 15.6. The average molecular weight is 409 g/mol. The Bertz CT molecular complexity index is 978. The van der Waals surface area contributed by atoms with Crippen LogP contribution in [0.3, 0.4) is 0 Å². The number of carbonyl (C=O) groups excluding carboxylic acids is 1. The topological polar surface area (TPSA) is 83.7 Å². The lowest BCUT2D eigenvalue weighted by atomic mass is 10.2. The molecule has 3 aromatic rings. The molecular weight excluding hydrogens is 382 g/mol. The quantitative estimate of drug-likeness (QED) is 0.642. The van der Waals surface area contributed by atoms with Gasteiger partial charge in [-0.1, -0.05) is 18.2 Å². The monoisotopic (exact) mass is 409 g/mol. The van der Waals surface area contributed by atoms with Crippen molar-refractivity contribution in [3.8, 4) is 5.75 Å². The molecule has 1 saturated heterocycles. The molecule has 4 rings (SSSR count). The van der Waals surface area contributed by atoms with Gasteiger partial charge in [-0.25, -0.2) is 4.63 Å². The summed E-state index contributed by atoms with van der Waals surface area (Å²) >= 11 is 0. The zero-order valence-corrected chi connectivity index (χ0v) is 17.4. The van der Waals surface area contributed by atoms with Gasteiger partial charge < -0.3 is 10.1 Å². The highest BCUT2D eigenvalue weighted by atomic mass is 16.6. The van der Waals surface area contributed by atoms with E-state index < -0.39 is 0 Å². The maximum absolute atomic E-state index is 12.5. The van der Waals surface area contributed by atoms with Crippen LogP contribution in [0.1, 0.15) is 19.4 Å². The summed E-state index contributed by atoms with van der Waals surface area (Å²) in [7, 11) is 0. The molecule has 1 N–H and O–H groups in total. The predicted octanol–water partition coefficient (Wildman–Crippen LogP) is 2.77. The van der Waals surface area contributed by atoms with Gasteiger partial charge in [0.05, 0.1) is 18.3 Å². The van der Waals surface area contributed by atoms with Crippen LogP contribution in [-0.2, 0) is 11.3 Å². The van der Waals surface area contributed by atoms with E-state index in [1.807, 2.05) is 32.0 Å². The standard InChI is InChI=1S/C22H27N5O3/c1-16(2)29-18-8-6-17(7-9-18)14-26-10-12-27(13-11-26)15-21(28)23-19-4-3-5-20-22(19)25-30-24-20/h3-9,16H,10-15H2,1-2H3,(H,23,28). The van der Waals surface area contributed by atoms with Crippen LogP contribution >= 0.6 is 0 Å². The molecule has 0 saturated carbocycles. The van der Waals surface area contributed by atoms with Crippen molar-refractivity contribution in [3.63, 3.8) is 0 Å². The van der Waals surface area contributed by atoms with Crippen LogP contribution in [0.15, 0.2) is 47.1 Å². The first kappa shape index (κ1) is 20.3. The molecule has 1 fully saturated rings. The molecule has 1 aromatic heterocycles. The molecule has 2 aromatic carbocycles. The van der Waals surface area contributed by atoms with Gasteiger partial charge in [0.25, 0.3) is 0 Å². The molecule has 1 aliphatic heterocycles. The Morgan fingerprint density at radius 1 is 1.07 bits per heavy atom. The van der Waals surface area contributed by atoms with Crippen molar-refractivity contribution in [1.82, 2.24) is 20.1 Å². The van der Waals surface area contributed by atoms with E-state index in [1.165, 1.54) is 5.56 Å². The number of carbonyl (C=O) groups is 1. The van der Waals surface area contributed by atoms with E-state index in [0.29, 0.717) is 23.3 Å². The van der Waals surface area contributed by atoms with Crippen LogP contribution in [0.5, 0.6) is 5.75 Å². The largest absolute Gasteiger partial charge is 0.491 e. The number of hydrogen-bond donors (Lipinski definition) is 1. The van der Waals surface area contributed by atoms with Gasteiger partial charge in [0.2, 0.25) is 5.91 Å². The molecule has 0 aliphatic carbocycles. The first-order chi connectivity index (χ1) is 14.6. The summed E-state index contributed by atoms with van der Waals surface area (Å²) in [6.45, 7) is 8.90. The maximum atomic E-state index is 12.5. The van der Waals surface area contributed by atoms with Crippen LogP contribution in [0.2, 0.25) is 0 Å². The molecule has 8 nitrogen and oxygen atoms in total. The molecule has 0 bridgehead atoms. The van der Waals surface area contributed by atoms with Crippen molar-refractivity contribution in [2.75, 3.05) is 38.0 Å². The minimum Gasteiger partial charge on any atom is -0.491 e. The molecule has 2 heterocycles. The smallest absolute Gasteiger partial charge is 0.238 e. The lowest BCUT2D eigenvalue weighted by Crippen LogP contribution is -2.48. The van der Waals surface area contributed by atoms with Gasteiger partial charge in [-0.3, -0.25) is 14.6 Å². The zero-order valence-electron chi connectivity index (χ0n) is 17.4. The number of benzene rings is 2. The van der Waals surface area contributed by atoms with E-state index in [2.05, 4.69) is 37.6 Å². The van der Waals surface area contributed by atoms with Crippen LogP contribution in [0.25, 0.3) is 11.0 Å². The van der Waals surface area contributed by atoms with Crippen LogP contribution in [-0.4, -0.2) is 64.8 Å². The summed E-state index contributed by atoms with van der Waals surface area (Å²) in [4.78, 5) is 17.1. The van der Waals surface area contributed by atoms with Crippen molar-refractivity contribution in [3.05, 3.63) is 48.0 Å². The third-order valence-electron chi connectivity index (χ3n) is 5.09. The number of nitrogens with one attached hydrogen (secondary N) is 1. The lowest BCUT2D eigenvalue weighted by Gasteiger charge is -2.34. The van der Waals surface area contributed by atoms with E-state index >= 15 is 0 Å². The molecule has 1 amide bonds. The zero-order chi connectivity index (χ0) is 20.9. The van der Waals surface area contributed by atoms with Crippen LogP contribution in [0.4, 0.5) is 5.69 Å². The maximum Gasteiger partial charge on any atom is 0.238 e. The highest BCUT2D eigenvalue weighted by molar-refractivity contribution is 5.99. The number of nitrogens with zero attached hydrogens (tertiary/aromatic N) is 4. The third kappa shape index (κ3) is 5.14. The summed E-state index contributed by atoms with van der Waals surface area (Å²) in [5.74, 6) is 0.848. The fourth-order valence-electron chi connectivity index (χ4n) is 3.61. The van der Waals surface area contributed by atoms with Crippen molar-refractivity contribution >= 4 is 22.6 Å². The second-order valence-electron chi connectivity index (χ2n) is 7.85. The number of rotatable bonds is 7. The van der Waals surface area contributed by atoms with Crippen LogP contribution < -0.4 is 10.1 Å². The van der Waals surface area contributed by atoms with E-state index in [1.54, 1.807) is 12.1 Å². The number of hydrogen-bond acceptors (Lipinski definition) is 7. The first-order valence-electron chi connectivity index (χ1n) is 10.3. The second-order valence-corrected chi connectivity index (χ2v) is 7.85. The summed E-state index contributed by atoms with van der Waals surface area (Å²) in [6, 6.07) is 13.7. The lowest BCUT2D eigenvalue weighted by molar-refractivity contribution is -0.117. The van der Waals surface area contributed by atoms with E-state index in [9.17, 15) is 4.79 Å². The predicted molar refractivity (Wildman–Crippen MR) is 114 cm³/mol. The molecular formula is C22H27N5O3. The van der Waals surface area contributed by atoms with Gasteiger partial charge in [0.1, 0.15) is 11.3 Å². The summed E-state index contributed by atoms with van der Waals surface area (Å²) in [5, 5.41) is 10.6. The van der Waals surface area contributed by atoms with Gasteiger partial charge in [-0.15, -0.1) is 0 Å². The van der Waals surface area contributed by atoms with Crippen molar-refractivity contribution in [1.29, 1.82) is 0 Å². The number of anilines is 1. The number of ether oxygens (including phenoxy) is 1. The van der Waals surface area contributed by atoms with Gasteiger partial charge in [-0.2, -0.15) is 0 Å². The Hall–Kier alpha value is -2.97. The number of aromatic nitrogens is 2. The van der Waals surface area contributed by atoms with Crippen molar-refractivity contribution in [2.24, 2.45) is 0 Å². The molecule has 0 unspecified atom stereocenters. The summed E-state index contributed by atoms with van der Waals surface area (Å²) < 4.78 is 10.4. The number of amides is 1. The molecule has 1 aliphatic rings. The Balaban J connectivity index is 1.23. The Kier molecular flexibility index (Phi) is 6.25. The fraction of sp³-hybridized carbons (Fsp3) is 0.409. The van der Waals surface area contributed by atoms with Gasteiger partial charge in [0.15, 0.2) is 5.52 Å². The molecule has 0 radical (unpaired) electrons. The summed E-state index contributed by atoms with van der Waals surface area (Å²) in [5.41, 5.74) is 3.10. The third-order valence-corrected chi connectivity index (χ3v) is 5.09. The van der Waals surface area contributed by atoms with Crippen LogP contribution in [0, 0.1) is 0 Å². The Morgan fingerprint density at radius 3 is 2.53 bits per heavy atom. The summed E-state index contributed by atoms with van der Waals surface area (Å²) in [6.07, 6.45) is 0.182. The van der Waals surface area contributed by atoms with Crippen molar-refractivity contribution in [2.45, 2.75) is 26.5 Å². The Morgan fingerprint density at radius 2 is 1.80 bits per heavy atom. The second kappa shape index (κ2) is 9.23. The SMILES string of the molecule is CC(C)Oc1ccc(CN2CCN(CC(=O)Nc3cccc4nonc34)CC2)cc1. The first-order valence-corrected chi connectivity index (χ1v) is 10.3. The van der Waals surface area contributed by atoms with Crippen molar-refractivity contribution < 1.29 is 14.2 Å². The van der Waals surface area contributed by atoms with E-state index in [4.69, 9.17) is 9.37 Å². The molecule has 8 heteroatoms. The highest BCUT2D eigenvalue weighted by Crippen LogP contribution is 2.20. The Labute approximate surface area is 175 Å². The highest BCUT2D eigenvalue weighted by Gasteiger charge is 2.20. The average Bonchev–Trinajstić information content (AvgIpc) is 3.20. The number of fused-ring (bicyclic) bond motifs is 1. The minimum absolute atomic E-state index is 0.0558. The van der Waals surface area contributed by atoms with E-state index in [-0.39, 0.29) is 12.0 Å². The molecule has 0 spiro atoms. The molecule has 30 heavy (non-hydrogen) atoms. The van der Waals surface area contributed by atoms with Gasteiger partial charge in [-0.05, 0) is 54.0 Å². The van der Waals surface area contributed by atoms with E-state index in [0.717, 1.165) is 38.5 Å². The molecule has 0 atom stereocenters. The number of piperazine rings is 1. The molecule has 158 valence electrons.